The highest BCUT2D eigenvalue weighted by atomic mass is 16.5. The Hall–Kier alpha value is -1.13. The Morgan fingerprint density at radius 1 is 1.61 bits per heavy atom. The molecule has 2 unspecified atom stereocenters. The van der Waals surface area contributed by atoms with E-state index in [2.05, 4.69) is 17.2 Å². The summed E-state index contributed by atoms with van der Waals surface area (Å²) in [6, 6.07) is 4.06. The summed E-state index contributed by atoms with van der Waals surface area (Å²) < 4.78 is 11.1. The molecule has 4 heteroatoms. The molecule has 1 aliphatic heterocycles. The maximum absolute atomic E-state index is 5.72. The number of aromatic nitrogens is 1. The first kappa shape index (κ1) is 13.3. The summed E-state index contributed by atoms with van der Waals surface area (Å²) in [5.74, 6) is 0.849. The smallest absolute Gasteiger partial charge is 0.141 e. The molecule has 0 radical (unpaired) electrons. The minimum Gasteiger partial charge on any atom is -0.495 e. The highest BCUT2D eigenvalue weighted by Crippen LogP contribution is 2.29. The van der Waals surface area contributed by atoms with E-state index in [1.54, 1.807) is 7.11 Å². The lowest BCUT2D eigenvalue weighted by molar-refractivity contribution is 0.0940. The molecular weight excluding hydrogens is 228 g/mol. The van der Waals surface area contributed by atoms with Crippen LogP contribution >= 0.6 is 0 Å². The van der Waals surface area contributed by atoms with Gasteiger partial charge in [-0.25, -0.2) is 0 Å². The van der Waals surface area contributed by atoms with Crippen molar-refractivity contribution in [3.63, 3.8) is 0 Å². The first-order valence-electron chi connectivity index (χ1n) is 6.69. The number of nitrogens with zero attached hydrogens (tertiary/aromatic N) is 1. The molecule has 1 aromatic heterocycles. The SMILES string of the molecule is CCNC(CC1CCCO1)c1ncccc1OC. The molecule has 4 nitrogen and oxygen atoms in total. The molecule has 2 heterocycles. The second-order valence-corrected chi connectivity index (χ2v) is 4.57. The summed E-state index contributed by atoms with van der Waals surface area (Å²) in [6.07, 6.45) is 5.44. The topological polar surface area (TPSA) is 43.4 Å². The molecule has 1 N–H and O–H groups in total. The Morgan fingerprint density at radius 2 is 2.50 bits per heavy atom. The van der Waals surface area contributed by atoms with Gasteiger partial charge in [0, 0.05) is 12.8 Å². The van der Waals surface area contributed by atoms with Crippen LogP contribution in [0.3, 0.4) is 0 Å². The molecule has 1 aromatic rings. The molecule has 0 saturated carbocycles. The van der Waals surface area contributed by atoms with Gasteiger partial charge >= 0.3 is 0 Å². The number of hydrogen-bond acceptors (Lipinski definition) is 4. The van der Waals surface area contributed by atoms with Gasteiger partial charge in [-0.05, 0) is 37.9 Å². The van der Waals surface area contributed by atoms with Crippen molar-refractivity contribution in [2.45, 2.75) is 38.3 Å². The average Bonchev–Trinajstić information content (AvgIpc) is 2.91. The van der Waals surface area contributed by atoms with Gasteiger partial charge < -0.3 is 14.8 Å². The van der Waals surface area contributed by atoms with Crippen LogP contribution in [-0.4, -0.2) is 31.3 Å². The largest absolute Gasteiger partial charge is 0.495 e. The fourth-order valence-electron chi connectivity index (χ4n) is 2.47. The molecule has 1 fully saturated rings. The number of nitrogens with one attached hydrogen (secondary N) is 1. The van der Waals surface area contributed by atoms with Gasteiger partial charge in [-0.2, -0.15) is 0 Å². The van der Waals surface area contributed by atoms with Gasteiger partial charge in [0.1, 0.15) is 5.75 Å². The van der Waals surface area contributed by atoms with Crippen LogP contribution in [0.15, 0.2) is 18.3 Å². The maximum Gasteiger partial charge on any atom is 0.141 e. The molecule has 0 aliphatic carbocycles. The number of pyridine rings is 1. The Morgan fingerprint density at radius 3 is 3.17 bits per heavy atom. The van der Waals surface area contributed by atoms with Crippen LogP contribution in [0.5, 0.6) is 5.75 Å². The summed E-state index contributed by atoms with van der Waals surface area (Å²) in [6.45, 7) is 3.91. The summed E-state index contributed by atoms with van der Waals surface area (Å²) in [7, 11) is 1.69. The van der Waals surface area contributed by atoms with E-state index in [-0.39, 0.29) is 6.04 Å². The first-order chi connectivity index (χ1) is 8.85. The summed E-state index contributed by atoms with van der Waals surface area (Å²) >= 11 is 0. The molecule has 2 rings (SSSR count). The molecule has 1 aliphatic rings. The molecule has 2 atom stereocenters. The molecule has 0 bridgehead atoms. The van der Waals surface area contributed by atoms with Crippen molar-refractivity contribution in [3.8, 4) is 5.75 Å². The van der Waals surface area contributed by atoms with Gasteiger partial charge in [0.2, 0.25) is 0 Å². The zero-order chi connectivity index (χ0) is 12.8. The minimum absolute atomic E-state index is 0.203. The third kappa shape index (κ3) is 3.21. The van der Waals surface area contributed by atoms with Crippen LogP contribution in [0.25, 0.3) is 0 Å². The zero-order valence-corrected chi connectivity index (χ0v) is 11.2. The van der Waals surface area contributed by atoms with Crippen molar-refractivity contribution < 1.29 is 9.47 Å². The van der Waals surface area contributed by atoms with E-state index in [1.165, 1.54) is 6.42 Å². The summed E-state index contributed by atoms with van der Waals surface area (Å²) in [5.41, 5.74) is 0.984. The summed E-state index contributed by atoms with van der Waals surface area (Å²) in [4.78, 5) is 4.47. The van der Waals surface area contributed by atoms with Crippen LogP contribution in [0, 0.1) is 0 Å². The average molecular weight is 250 g/mol. The lowest BCUT2D eigenvalue weighted by Crippen LogP contribution is -2.26. The fourth-order valence-corrected chi connectivity index (χ4v) is 2.47. The van der Waals surface area contributed by atoms with Crippen molar-refractivity contribution in [2.24, 2.45) is 0 Å². The fraction of sp³-hybridized carbons (Fsp3) is 0.643. The van der Waals surface area contributed by atoms with E-state index >= 15 is 0 Å². The van der Waals surface area contributed by atoms with Gasteiger partial charge in [0.15, 0.2) is 0 Å². The predicted molar refractivity (Wildman–Crippen MR) is 70.8 cm³/mol. The number of rotatable bonds is 6. The number of hydrogen-bond donors (Lipinski definition) is 1. The van der Waals surface area contributed by atoms with Crippen LogP contribution in [0.4, 0.5) is 0 Å². The Labute approximate surface area is 109 Å². The van der Waals surface area contributed by atoms with E-state index in [0.717, 1.165) is 37.4 Å². The van der Waals surface area contributed by atoms with E-state index in [9.17, 15) is 0 Å². The number of ether oxygens (including phenoxy) is 2. The van der Waals surface area contributed by atoms with Gasteiger partial charge in [-0.15, -0.1) is 0 Å². The zero-order valence-electron chi connectivity index (χ0n) is 11.2. The Bertz CT molecular complexity index is 365. The molecule has 1 saturated heterocycles. The van der Waals surface area contributed by atoms with Crippen LogP contribution < -0.4 is 10.1 Å². The summed E-state index contributed by atoms with van der Waals surface area (Å²) in [5, 5.41) is 3.48. The van der Waals surface area contributed by atoms with Gasteiger partial charge in [0.05, 0.1) is 24.9 Å². The van der Waals surface area contributed by atoms with Gasteiger partial charge in [0.25, 0.3) is 0 Å². The minimum atomic E-state index is 0.203. The van der Waals surface area contributed by atoms with Crippen molar-refractivity contribution in [1.82, 2.24) is 10.3 Å². The lowest BCUT2D eigenvalue weighted by atomic mass is 10.0. The Balaban J connectivity index is 2.11. The maximum atomic E-state index is 5.72. The van der Waals surface area contributed by atoms with E-state index in [1.807, 2.05) is 18.3 Å². The van der Waals surface area contributed by atoms with Crippen LogP contribution in [0.2, 0.25) is 0 Å². The van der Waals surface area contributed by atoms with Crippen molar-refractivity contribution in [1.29, 1.82) is 0 Å². The highest BCUT2D eigenvalue weighted by molar-refractivity contribution is 5.29. The monoisotopic (exact) mass is 250 g/mol. The molecule has 100 valence electrons. The standard InChI is InChI=1S/C14H22N2O2/c1-3-15-12(10-11-6-5-9-18-11)14-13(17-2)7-4-8-16-14/h4,7-8,11-12,15H,3,5-6,9-10H2,1-2H3. The van der Waals surface area contributed by atoms with Crippen LogP contribution in [0.1, 0.15) is 37.9 Å². The van der Waals surface area contributed by atoms with E-state index < -0.39 is 0 Å². The first-order valence-corrected chi connectivity index (χ1v) is 6.69. The highest BCUT2D eigenvalue weighted by Gasteiger charge is 2.24. The predicted octanol–water partition coefficient (Wildman–Crippen LogP) is 2.31. The van der Waals surface area contributed by atoms with E-state index in [4.69, 9.17) is 9.47 Å². The van der Waals surface area contributed by atoms with Crippen LogP contribution in [-0.2, 0) is 4.74 Å². The normalized spacial score (nSPS) is 20.9. The van der Waals surface area contributed by atoms with Gasteiger partial charge in [-0.1, -0.05) is 6.92 Å². The Kier molecular flexibility index (Phi) is 4.96. The van der Waals surface area contributed by atoms with Gasteiger partial charge in [-0.3, -0.25) is 4.98 Å². The molecule has 18 heavy (non-hydrogen) atoms. The van der Waals surface area contributed by atoms with Crippen molar-refractivity contribution in [2.75, 3.05) is 20.3 Å². The van der Waals surface area contributed by atoms with Crippen molar-refractivity contribution >= 4 is 0 Å². The quantitative estimate of drug-likeness (QED) is 0.841. The second kappa shape index (κ2) is 6.71. The van der Waals surface area contributed by atoms with E-state index in [0.29, 0.717) is 6.10 Å². The van der Waals surface area contributed by atoms with Crippen molar-refractivity contribution in [3.05, 3.63) is 24.0 Å². The molecule has 0 amide bonds. The number of methoxy groups -OCH3 is 1. The third-order valence-electron chi connectivity index (χ3n) is 3.32. The molecular formula is C14H22N2O2. The second-order valence-electron chi connectivity index (χ2n) is 4.57. The molecule has 0 aromatic carbocycles. The molecule has 0 spiro atoms. The third-order valence-corrected chi connectivity index (χ3v) is 3.32. The lowest BCUT2D eigenvalue weighted by Gasteiger charge is -2.22.